The summed E-state index contributed by atoms with van der Waals surface area (Å²) in [6, 6.07) is 9.75. The maximum Gasteiger partial charge on any atom is 0.266 e. The quantitative estimate of drug-likeness (QED) is 0.898. The number of thiophene rings is 1. The van der Waals surface area contributed by atoms with E-state index in [1.165, 1.54) is 11.3 Å². The number of halogens is 1. The standard InChI is InChI=1S/C13H12BrNOS/c1-2-9-5-3-4-6-11(9)15-13(16)12-10(14)7-8-17-12/h3-8H,2H2,1H3,(H,15,16). The van der Waals surface area contributed by atoms with Gasteiger partial charge < -0.3 is 5.32 Å². The minimum absolute atomic E-state index is 0.0622. The van der Waals surface area contributed by atoms with E-state index >= 15 is 0 Å². The van der Waals surface area contributed by atoms with E-state index in [9.17, 15) is 4.79 Å². The summed E-state index contributed by atoms with van der Waals surface area (Å²) < 4.78 is 0.842. The topological polar surface area (TPSA) is 29.1 Å². The number of para-hydroxylation sites is 1. The Balaban J connectivity index is 2.22. The fourth-order valence-corrected chi connectivity index (χ4v) is 3.03. The normalized spacial score (nSPS) is 10.2. The zero-order valence-corrected chi connectivity index (χ0v) is 11.8. The predicted octanol–water partition coefficient (Wildman–Crippen LogP) is 4.33. The molecule has 0 aliphatic rings. The van der Waals surface area contributed by atoms with Crippen LogP contribution < -0.4 is 5.32 Å². The van der Waals surface area contributed by atoms with Gasteiger partial charge in [0, 0.05) is 10.2 Å². The molecule has 2 aromatic rings. The SMILES string of the molecule is CCc1ccccc1NC(=O)c1sccc1Br. The van der Waals surface area contributed by atoms with Gasteiger partial charge >= 0.3 is 0 Å². The van der Waals surface area contributed by atoms with E-state index < -0.39 is 0 Å². The zero-order chi connectivity index (χ0) is 12.3. The Hall–Kier alpha value is -1.13. The smallest absolute Gasteiger partial charge is 0.266 e. The van der Waals surface area contributed by atoms with E-state index in [-0.39, 0.29) is 5.91 Å². The Morgan fingerprint density at radius 2 is 2.12 bits per heavy atom. The molecule has 1 N–H and O–H groups in total. The molecule has 2 nitrogen and oxygen atoms in total. The number of hydrogen-bond donors (Lipinski definition) is 1. The van der Waals surface area contributed by atoms with E-state index in [0.717, 1.165) is 22.1 Å². The Bertz CT molecular complexity index is 536. The van der Waals surface area contributed by atoms with E-state index in [1.807, 2.05) is 35.7 Å². The maximum absolute atomic E-state index is 12.0. The molecule has 0 radical (unpaired) electrons. The summed E-state index contributed by atoms with van der Waals surface area (Å²) in [5, 5.41) is 4.84. The number of anilines is 1. The monoisotopic (exact) mass is 309 g/mol. The molecule has 88 valence electrons. The van der Waals surface area contributed by atoms with Crippen LogP contribution in [0.4, 0.5) is 5.69 Å². The second-order valence-corrected chi connectivity index (χ2v) is 5.33. The summed E-state index contributed by atoms with van der Waals surface area (Å²) in [6.07, 6.45) is 0.905. The molecule has 2 rings (SSSR count). The number of benzene rings is 1. The molecular weight excluding hydrogens is 298 g/mol. The maximum atomic E-state index is 12.0. The molecule has 0 aliphatic carbocycles. The van der Waals surface area contributed by atoms with E-state index in [2.05, 4.69) is 28.2 Å². The molecule has 0 fully saturated rings. The summed E-state index contributed by atoms with van der Waals surface area (Å²) in [4.78, 5) is 12.7. The third-order valence-corrected chi connectivity index (χ3v) is 4.31. The highest BCUT2D eigenvalue weighted by Gasteiger charge is 2.12. The van der Waals surface area contributed by atoms with Gasteiger partial charge in [-0.3, -0.25) is 4.79 Å². The van der Waals surface area contributed by atoms with Crippen molar-refractivity contribution in [2.24, 2.45) is 0 Å². The van der Waals surface area contributed by atoms with Crippen LogP contribution in [-0.4, -0.2) is 5.91 Å². The number of rotatable bonds is 3. The molecule has 0 spiro atoms. The highest BCUT2D eigenvalue weighted by Crippen LogP contribution is 2.24. The second-order valence-electron chi connectivity index (χ2n) is 3.56. The lowest BCUT2D eigenvalue weighted by atomic mass is 10.1. The Kier molecular flexibility index (Phi) is 3.97. The summed E-state index contributed by atoms with van der Waals surface area (Å²) in [6.45, 7) is 2.08. The van der Waals surface area contributed by atoms with Crippen molar-refractivity contribution in [3.8, 4) is 0 Å². The lowest BCUT2D eigenvalue weighted by Gasteiger charge is -2.08. The molecular formula is C13H12BrNOS. The van der Waals surface area contributed by atoms with E-state index in [4.69, 9.17) is 0 Å². The summed E-state index contributed by atoms with van der Waals surface area (Å²) in [5.41, 5.74) is 2.04. The zero-order valence-electron chi connectivity index (χ0n) is 9.37. The van der Waals surface area contributed by atoms with Crippen molar-refractivity contribution in [1.29, 1.82) is 0 Å². The first kappa shape index (κ1) is 12.3. The van der Waals surface area contributed by atoms with Crippen molar-refractivity contribution in [2.75, 3.05) is 5.32 Å². The summed E-state index contributed by atoms with van der Waals surface area (Å²) >= 11 is 4.80. The molecule has 0 bridgehead atoms. The molecule has 1 aromatic carbocycles. The fraction of sp³-hybridized carbons (Fsp3) is 0.154. The van der Waals surface area contributed by atoms with Crippen molar-refractivity contribution in [1.82, 2.24) is 0 Å². The number of carbonyl (C=O) groups excluding carboxylic acids is 1. The third-order valence-electron chi connectivity index (χ3n) is 2.47. The van der Waals surface area contributed by atoms with Gasteiger partial charge in [-0.1, -0.05) is 25.1 Å². The first-order valence-corrected chi connectivity index (χ1v) is 7.02. The first-order valence-electron chi connectivity index (χ1n) is 5.34. The number of amides is 1. The lowest BCUT2D eigenvalue weighted by molar-refractivity contribution is 0.103. The molecule has 1 aromatic heterocycles. The van der Waals surface area contributed by atoms with Gasteiger partial charge in [-0.15, -0.1) is 11.3 Å². The fourth-order valence-electron chi connectivity index (χ4n) is 1.59. The van der Waals surface area contributed by atoms with Crippen LogP contribution in [0.25, 0.3) is 0 Å². The van der Waals surface area contributed by atoms with E-state index in [0.29, 0.717) is 4.88 Å². The van der Waals surface area contributed by atoms with Crippen LogP contribution in [0.1, 0.15) is 22.2 Å². The molecule has 0 aliphatic heterocycles. The van der Waals surface area contributed by atoms with Gasteiger partial charge in [-0.05, 0) is 45.4 Å². The predicted molar refractivity (Wildman–Crippen MR) is 75.8 cm³/mol. The van der Waals surface area contributed by atoms with Crippen LogP contribution in [0, 0.1) is 0 Å². The highest BCUT2D eigenvalue weighted by atomic mass is 79.9. The van der Waals surface area contributed by atoms with Gasteiger partial charge in [0.05, 0.1) is 0 Å². The van der Waals surface area contributed by atoms with Gasteiger partial charge in [-0.2, -0.15) is 0 Å². The van der Waals surface area contributed by atoms with E-state index in [1.54, 1.807) is 0 Å². The molecule has 0 unspecified atom stereocenters. The van der Waals surface area contributed by atoms with Crippen LogP contribution in [0.5, 0.6) is 0 Å². The first-order chi connectivity index (χ1) is 8.22. The van der Waals surface area contributed by atoms with Gasteiger partial charge in [0.1, 0.15) is 4.88 Å². The Morgan fingerprint density at radius 3 is 2.76 bits per heavy atom. The Morgan fingerprint density at radius 1 is 1.35 bits per heavy atom. The van der Waals surface area contributed by atoms with Gasteiger partial charge in [0.2, 0.25) is 0 Å². The average Bonchev–Trinajstić information content (AvgIpc) is 2.76. The molecule has 1 heterocycles. The average molecular weight is 310 g/mol. The lowest BCUT2D eigenvalue weighted by Crippen LogP contribution is -2.12. The minimum Gasteiger partial charge on any atom is -0.321 e. The third kappa shape index (κ3) is 2.76. The largest absolute Gasteiger partial charge is 0.321 e. The molecule has 17 heavy (non-hydrogen) atoms. The van der Waals surface area contributed by atoms with Gasteiger partial charge in [-0.25, -0.2) is 0 Å². The number of hydrogen-bond acceptors (Lipinski definition) is 2. The van der Waals surface area contributed by atoms with Crippen molar-refractivity contribution in [2.45, 2.75) is 13.3 Å². The Labute approximate surface area is 113 Å². The van der Waals surface area contributed by atoms with Crippen LogP contribution in [0.15, 0.2) is 40.2 Å². The second kappa shape index (κ2) is 5.47. The van der Waals surface area contributed by atoms with Crippen LogP contribution in [-0.2, 0) is 6.42 Å². The van der Waals surface area contributed by atoms with Crippen molar-refractivity contribution in [3.63, 3.8) is 0 Å². The summed E-state index contributed by atoms with van der Waals surface area (Å²) in [5.74, 6) is -0.0622. The molecule has 0 atom stereocenters. The minimum atomic E-state index is -0.0622. The van der Waals surface area contributed by atoms with Crippen LogP contribution >= 0.6 is 27.3 Å². The highest BCUT2D eigenvalue weighted by molar-refractivity contribution is 9.10. The number of aryl methyl sites for hydroxylation is 1. The van der Waals surface area contributed by atoms with Gasteiger partial charge in [0.25, 0.3) is 5.91 Å². The van der Waals surface area contributed by atoms with Crippen molar-refractivity contribution in [3.05, 3.63) is 50.6 Å². The van der Waals surface area contributed by atoms with Crippen LogP contribution in [0.3, 0.4) is 0 Å². The molecule has 0 saturated carbocycles. The number of carbonyl (C=O) groups is 1. The van der Waals surface area contributed by atoms with Crippen LogP contribution in [0.2, 0.25) is 0 Å². The summed E-state index contributed by atoms with van der Waals surface area (Å²) in [7, 11) is 0. The molecule has 1 amide bonds. The number of nitrogens with one attached hydrogen (secondary N) is 1. The molecule has 4 heteroatoms. The van der Waals surface area contributed by atoms with Crippen molar-refractivity contribution >= 4 is 38.9 Å². The molecule has 0 saturated heterocycles. The van der Waals surface area contributed by atoms with Crippen molar-refractivity contribution < 1.29 is 4.79 Å². The van der Waals surface area contributed by atoms with Gasteiger partial charge in [0.15, 0.2) is 0 Å².